The Bertz CT molecular complexity index is 1200. The van der Waals surface area contributed by atoms with E-state index in [0.29, 0.717) is 6.42 Å². The van der Waals surface area contributed by atoms with Crippen molar-refractivity contribution in [2.45, 2.75) is 57.1 Å². The first-order valence-corrected chi connectivity index (χ1v) is 12.6. The minimum Gasteiger partial charge on any atom is -0.493 e. The monoisotopic (exact) mass is 568 g/mol. The smallest absolute Gasteiger partial charge is 0.435 e. The van der Waals surface area contributed by atoms with Crippen molar-refractivity contribution in [3.8, 4) is 5.75 Å². The Morgan fingerprint density at radius 3 is 2.67 bits per heavy atom. The maximum atomic E-state index is 13.1. The summed E-state index contributed by atoms with van der Waals surface area (Å²) in [7, 11) is 0. The van der Waals surface area contributed by atoms with Crippen LogP contribution in [0.2, 0.25) is 0 Å². The van der Waals surface area contributed by atoms with Crippen molar-refractivity contribution in [3.05, 3.63) is 47.8 Å². The molecule has 2 aromatic rings. The lowest BCUT2D eigenvalue weighted by Crippen LogP contribution is -2.55. The van der Waals surface area contributed by atoms with Crippen LogP contribution in [-0.4, -0.2) is 76.4 Å². The molecule has 0 bridgehead atoms. The molecule has 3 rings (SSSR count). The molecule has 1 aromatic heterocycles. The van der Waals surface area contributed by atoms with Crippen LogP contribution in [-0.2, 0) is 27.1 Å². The molecule has 0 unspecified atom stereocenters. The summed E-state index contributed by atoms with van der Waals surface area (Å²) < 4.78 is 45.0. The Balaban J connectivity index is 1.72. The number of nitrogens with zero attached hydrogens (tertiary/aromatic N) is 2. The SMILES string of the molecule is C[C@@H](O)[C@@H]1NC(=O)C[C@@H](C(=O)NCCCn2ccc(C(F)(F)F)n2)NC(=O)c2ccccc2OCCCNC1=O. The molecule has 3 atom stereocenters. The van der Waals surface area contributed by atoms with Crippen LogP contribution in [0.15, 0.2) is 36.5 Å². The van der Waals surface area contributed by atoms with Crippen molar-refractivity contribution in [2.75, 3.05) is 19.7 Å². The number of fused-ring (bicyclic) bond motifs is 1. The fraction of sp³-hybridized carbons (Fsp3) is 0.480. The first kappa shape index (κ1) is 30.4. The van der Waals surface area contributed by atoms with Gasteiger partial charge in [-0.1, -0.05) is 12.1 Å². The molecule has 0 radical (unpaired) electrons. The van der Waals surface area contributed by atoms with Gasteiger partial charge in [0.15, 0.2) is 5.69 Å². The van der Waals surface area contributed by atoms with E-state index in [1.54, 1.807) is 18.2 Å². The second-order valence-electron chi connectivity index (χ2n) is 9.11. The number of hydrogen-bond acceptors (Lipinski definition) is 7. The van der Waals surface area contributed by atoms with Crippen molar-refractivity contribution in [2.24, 2.45) is 0 Å². The van der Waals surface area contributed by atoms with Gasteiger partial charge in [-0.2, -0.15) is 18.3 Å². The van der Waals surface area contributed by atoms with Crippen LogP contribution in [0.1, 0.15) is 42.2 Å². The third kappa shape index (κ3) is 8.69. The fourth-order valence-electron chi connectivity index (χ4n) is 3.84. The van der Waals surface area contributed by atoms with Crippen LogP contribution < -0.4 is 26.0 Å². The van der Waals surface area contributed by atoms with E-state index in [9.17, 15) is 37.5 Å². The van der Waals surface area contributed by atoms with Crippen LogP contribution in [0, 0.1) is 0 Å². The summed E-state index contributed by atoms with van der Waals surface area (Å²) in [6.07, 6.45) is -4.63. The van der Waals surface area contributed by atoms with Gasteiger partial charge in [0.05, 0.1) is 24.7 Å². The van der Waals surface area contributed by atoms with Crippen LogP contribution >= 0.6 is 0 Å². The highest BCUT2D eigenvalue weighted by atomic mass is 19.4. The number of alkyl halides is 3. The fourth-order valence-corrected chi connectivity index (χ4v) is 3.84. The normalized spacial score (nSPS) is 20.0. The number of halogens is 3. The van der Waals surface area contributed by atoms with E-state index in [4.69, 9.17) is 4.74 Å². The highest BCUT2D eigenvalue weighted by Gasteiger charge is 2.33. The molecule has 40 heavy (non-hydrogen) atoms. The number of benzene rings is 1. The van der Waals surface area contributed by atoms with Crippen molar-refractivity contribution in [3.63, 3.8) is 0 Å². The van der Waals surface area contributed by atoms with Crippen molar-refractivity contribution < 1.29 is 42.2 Å². The molecule has 15 heteroatoms. The number of aryl methyl sites for hydroxylation is 1. The average molecular weight is 569 g/mol. The number of aliphatic hydroxyl groups is 1. The Kier molecular flexibility index (Phi) is 10.5. The summed E-state index contributed by atoms with van der Waals surface area (Å²) in [5.74, 6) is -2.59. The van der Waals surface area contributed by atoms with Crippen LogP contribution in [0.25, 0.3) is 0 Å². The van der Waals surface area contributed by atoms with Gasteiger partial charge in [-0.3, -0.25) is 23.9 Å². The molecule has 0 spiro atoms. The van der Waals surface area contributed by atoms with E-state index in [2.05, 4.69) is 26.4 Å². The van der Waals surface area contributed by atoms with Gasteiger partial charge in [-0.05, 0) is 38.0 Å². The zero-order valence-electron chi connectivity index (χ0n) is 21.7. The molecule has 0 aliphatic carbocycles. The molecule has 2 heterocycles. The minimum atomic E-state index is -4.57. The van der Waals surface area contributed by atoms with E-state index < -0.39 is 60.1 Å². The van der Waals surface area contributed by atoms with Crippen molar-refractivity contribution in [1.29, 1.82) is 0 Å². The zero-order valence-corrected chi connectivity index (χ0v) is 21.7. The van der Waals surface area contributed by atoms with Crippen LogP contribution in [0.3, 0.4) is 0 Å². The third-order valence-corrected chi connectivity index (χ3v) is 5.90. The minimum absolute atomic E-state index is 0.00639. The molecule has 1 aliphatic rings. The second kappa shape index (κ2) is 13.8. The number of ether oxygens (including phenoxy) is 1. The maximum absolute atomic E-state index is 13.1. The molecule has 0 saturated heterocycles. The molecular weight excluding hydrogens is 537 g/mol. The van der Waals surface area contributed by atoms with Gasteiger partial charge >= 0.3 is 6.18 Å². The van der Waals surface area contributed by atoms with Gasteiger partial charge in [0.25, 0.3) is 5.91 Å². The van der Waals surface area contributed by atoms with E-state index in [-0.39, 0.29) is 44.0 Å². The second-order valence-corrected chi connectivity index (χ2v) is 9.11. The van der Waals surface area contributed by atoms with Gasteiger partial charge in [0.2, 0.25) is 17.7 Å². The van der Waals surface area contributed by atoms with Gasteiger partial charge in [-0.25, -0.2) is 0 Å². The molecule has 12 nitrogen and oxygen atoms in total. The van der Waals surface area contributed by atoms with Crippen LogP contribution in [0.5, 0.6) is 5.75 Å². The quantitative estimate of drug-likeness (QED) is 0.314. The summed E-state index contributed by atoms with van der Waals surface area (Å²) in [6, 6.07) is 4.47. The first-order valence-electron chi connectivity index (χ1n) is 12.6. The third-order valence-electron chi connectivity index (χ3n) is 5.90. The Morgan fingerprint density at radius 1 is 1.23 bits per heavy atom. The number of aliphatic hydroxyl groups excluding tert-OH is 1. The molecule has 1 aliphatic heterocycles. The van der Waals surface area contributed by atoms with Gasteiger partial charge in [-0.15, -0.1) is 0 Å². The highest BCUT2D eigenvalue weighted by Crippen LogP contribution is 2.27. The number of para-hydroxylation sites is 1. The zero-order chi connectivity index (χ0) is 29.3. The highest BCUT2D eigenvalue weighted by molar-refractivity contribution is 6.01. The Morgan fingerprint density at radius 2 is 1.98 bits per heavy atom. The standard InChI is InChI=1S/C25H31F3N6O6/c1-15(35)21-24(39)30-10-5-13-40-18-7-3-2-6-16(18)22(37)31-17(14-20(36)32-21)23(38)29-9-4-11-34-12-8-19(33-34)25(26,27)28/h2-3,6-8,12,15,17,21,35H,4-5,9-11,13-14H2,1H3,(H,29,38)(H,30,39)(H,31,37)(H,32,36)/t15-,17+,21+/m1/s1. The largest absolute Gasteiger partial charge is 0.493 e. The lowest BCUT2D eigenvalue weighted by molar-refractivity contribution is -0.141. The molecular formula is C25H31F3N6O6. The van der Waals surface area contributed by atoms with E-state index in [1.165, 1.54) is 19.2 Å². The number of carbonyl (C=O) groups excluding carboxylic acids is 4. The molecule has 0 fully saturated rings. The predicted octanol–water partition coefficient (Wildman–Crippen LogP) is 0.361. The summed E-state index contributed by atoms with van der Waals surface area (Å²) in [5, 5.41) is 23.5. The van der Waals surface area contributed by atoms with Gasteiger partial charge in [0, 0.05) is 25.8 Å². The van der Waals surface area contributed by atoms with Gasteiger partial charge < -0.3 is 31.1 Å². The number of rotatable bonds is 6. The molecule has 0 saturated carbocycles. The van der Waals surface area contributed by atoms with E-state index in [1.807, 2.05) is 0 Å². The number of nitrogens with one attached hydrogen (secondary N) is 4. The van der Waals surface area contributed by atoms with Gasteiger partial charge in [0.1, 0.15) is 17.8 Å². The Hall–Kier alpha value is -4.14. The molecule has 218 valence electrons. The number of aromatic nitrogens is 2. The summed E-state index contributed by atoms with van der Waals surface area (Å²) in [5.41, 5.74) is -0.908. The number of amides is 4. The Labute approximate surface area is 227 Å². The van der Waals surface area contributed by atoms with Crippen molar-refractivity contribution >= 4 is 23.6 Å². The average Bonchev–Trinajstić information content (AvgIpc) is 3.38. The maximum Gasteiger partial charge on any atom is 0.435 e. The van der Waals surface area contributed by atoms with E-state index >= 15 is 0 Å². The molecule has 4 amide bonds. The lowest BCUT2D eigenvalue weighted by atomic mass is 10.1. The molecule has 5 N–H and O–H groups in total. The van der Waals surface area contributed by atoms with E-state index in [0.717, 1.165) is 10.7 Å². The lowest BCUT2D eigenvalue weighted by Gasteiger charge is -2.23. The van der Waals surface area contributed by atoms with Crippen LogP contribution in [0.4, 0.5) is 13.2 Å². The topological polar surface area (TPSA) is 164 Å². The first-order chi connectivity index (χ1) is 19.0. The predicted molar refractivity (Wildman–Crippen MR) is 134 cm³/mol. The van der Waals surface area contributed by atoms with Crippen molar-refractivity contribution in [1.82, 2.24) is 31.0 Å². The summed E-state index contributed by atoms with van der Waals surface area (Å²) >= 11 is 0. The summed E-state index contributed by atoms with van der Waals surface area (Å²) in [6.45, 7) is 1.74. The molecule has 1 aromatic carbocycles. The summed E-state index contributed by atoms with van der Waals surface area (Å²) in [4.78, 5) is 51.4. The number of hydrogen-bond donors (Lipinski definition) is 5. The number of carbonyl (C=O) groups is 4.